The summed E-state index contributed by atoms with van der Waals surface area (Å²) in [5, 5.41) is 16.4. The van der Waals surface area contributed by atoms with E-state index in [1.54, 1.807) is 54.9 Å². The number of aliphatic hydroxyl groups is 1. The summed E-state index contributed by atoms with van der Waals surface area (Å²) in [6.45, 7) is 11.8. The summed E-state index contributed by atoms with van der Waals surface area (Å²) in [7, 11) is 0. The van der Waals surface area contributed by atoms with Gasteiger partial charge in [0.25, 0.3) is 17.4 Å². The molecule has 0 aliphatic carbocycles. The molecule has 2 aromatic carbocycles. The van der Waals surface area contributed by atoms with Crippen molar-refractivity contribution in [1.82, 2.24) is 39.4 Å². The van der Waals surface area contributed by atoms with Gasteiger partial charge in [0.15, 0.2) is 11.5 Å². The maximum Gasteiger partial charge on any atom is 0.278 e. The molecule has 3 N–H and O–H groups in total. The largest absolute Gasteiger partial charge is 0.384 e. The molecule has 2 saturated heterocycles. The summed E-state index contributed by atoms with van der Waals surface area (Å²) < 4.78 is 3.12. The zero-order valence-corrected chi connectivity index (χ0v) is 33.1. The van der Waals surface area contributed by atoms with Crippen molar-refractivity contribution in [3.05, 3.63) is 112 Å². The van der Waals surface area contributed by atoms with E-state index in [0.717, 1.165) is 67.4 Å². The molecule has 6 heterocycles. The van der Waals surface area contributed by atoms with Crippen molar-refractivity contribution in [2.24, 2.45) is 0 Å². The summed E-state index contributed by atoms with van der Waals surface area (Å²) in [5.74, 6) is -1.20. The fraction of sp³-hybridized carbons (Fsp3) is 0.349. The minimum absolute atomic E-state index is 0.0879. The Labute approximate surface area is 340 Å². The lowest BCUT2D eigenvalue weighted by atomic mass is 9.98. The highest BCUT2D eigenvalue weighted by Gasteiger charge is 2.45. The number of amides is 4. The first-order valence-corrected chi connectivity index (χ1v) is 19.9. The van der Waals surface area contributed by atoms with Crippen LogP contribution in [0.2, 0.25) is 0 Å². The number of benzene rings is 2. The van der Waals surface area contributed by atoms with Gasteiger partial charge in [-0.1, -0.05) is 24.3 Å². The Balaban J connectivity index is 0.855. The number of fused-ring (bicyclic) bond motifs is 2. The third-order valence-electron chi connectivity index (χ3n) is 11.1. The summed E-state index contributed by atoms with van der Waals surface area (Å²) in [6, 6.07) is 17.7. The van der Waals surface area contributed by atoms with Gasteiger partial charge in [-0.05, 0) is 94.1 Å². The lowest BCUT2D eigenvalue weighted by Crippen LogP contribution is -2.54. The standard InChI is InChI=1S/C43H46N10O6/c1-4-20-51-39(56)31-26-44-42(48-37(31)53(51)34-13-8-12-33(46-34)43(2,3)59)45-28-14-16-29(17-15-28)50-24-22-49(23-25-50)21-6-5-9-27-10-7-11-30-36(27)41(58)52(40(30)57)32-18-19-35(54)47-38(32)55/h4,7-8,10-17,26,32,59H,1,5-6,9,18-25H2,2-3H3,(H,44,45,48)(H,47,54,55). The zero-order valence-electron chi connectivity index (χ0n) is 33.1. The monoisotopic (exact) mass is 798 g/mol. The van der Waals surface area contributed by atoms with Crippen LogP contribution >= 0.6 is 0 Å². The fourth-order valence-corrected chi connectivity index (χ4v) is 8.05. The van der Waals surface area contributed by atoms with E-state index in [0.29, 0.717) is 46.0 Å². The first kappa shape index (κ1) is 39.3. The summed E-state index contributed by atoms with van der Waals surface area (Å²) in [6.07, 6.45) is 5.76. The van der Waals surface area contributed by atoms with Gasteiger partial charge in [-0.2, -0.15) is 4.98 Å². The Morgan fingerprint density at radius 1 is 0.932 bits per heavy atom. The number of aryl methyl sites for hydroxylation is 1. The third-order valence-corrected chi connectivity index (χ3v) is 11.1. The molecule has 3 aromatic heterocycles. The van der Waals surface area contributed by atoms with Gasteiger partial charge in [0.05, 0.1) is 23.4 Å². The van der Waals surface area contributed by atoms with E-state index >= 15 is 0 Å². The highest BCUT2D eigenvalue weighted by molar-refractivity contribution is 6.24. The van der Waals surface area contributed by atoms with Gasteiger partial charge in [0, 0.05) is 50.2 Å². The Bertz CT molecular complexity index is 2530. The van der Waals surface area contributed by atoms with Crippen LogP contribution in [0.3, 0.4) is 0 Å². The Hall–Kier alpha value is -6.52. The van der Waals surface area contributed by atoms with Crippen LogP contribution < -0.4 is 21.1 Å². The number of carbonyl (C=O) groups is 4. The summed E-state index contributed by atoms with van der Waals surface area (Å²) in [4.78, 5) is 83.8. The number of carbonyl (C=O) groups excluding carboxylic acids is 4. The van der Waals surface area contributed by atoms with Crippen LogP contribution in [-0.2, 0) is 28.2 Å². The van der Waals surface area contributed by atoms with Gasteiger partial charge >= 0.3 is 0 Å². The smallest absolute Gasteiger partial charge is 0.278 e. The van der Waals surface area contributed by atoms with E-state index in [4.69, 9.17) is 4.98 Å². The number of nitrogens with zero attached hydrogens (tertiary/aromatic N) is 8. The molecule has 5 aromatic rings. The lowest BCUT2D eigenvalue weighted by molar-refractivity contribution is -0.136. The molecule has 3 aliphatic rings. The Morgan fingerprint density at radius 3 is 2.42 bits per heavy atom. The van der Waals surface area contributed by atoms with Crippen LogP contribution in [0.5, 0.6) is 0 Å². The molecule has 1 atom stereocenters. The average molecular weight is 799 g/mol. The predicted octanol–water partition coefficient (Wildman–Crippen LogP) is 3.68. The summed E-state index contributed by atoms with van der Waals surface area (Å²) >= 11 is 0. The molecule has 1 unspecified atom stereocenters. The number of hydrogen-bond donors (Lipinski definition) is 3. The quantitative estimate of drug-likeness (QED) is 0.0893. The predicted molar refractivity (Wildman–Crippen MR) is 221 cm³/mol. The average Bonchev–Trinajstić information content (AvgIpc) is 3.64. The van der Waals surface area contributed by atoms with E-state index in [1.807, 2.05) is 18.2 Å². The molecule has 0 bridgehead atoms. The second kappa shape index (κ2) is 16.0. The number of allylic oxidation sites excluding steroid dienone is 1. The molecule has 16 heteroatoms. The molecule has 4 amide bonds. The number of nitrogens with one attached hydrogen (secondary N) is 2. The van der Waals surface area contributed by atoms with Crippen LogP contribution in [0.4, 0.5) is 17.3 Å². The second-order valence-corrected chi connectivity index (χ2v) is 15.6. The fourth-order valence-electron chi connectivity index (χ4n) is 8.05. The summed E-state index contributed by atoms with van der Waals surface area (Å²) in [5.41, 5.74) is 2.75. The topological polar surface area (TPSA) is 188 Å². The molecular weight excluding hydrogens is 753 g/mol. The van der Waals surface area contributed by atoms with Gasteiger partial charge in [0.2, 0.25) is 17.8 Å². The van der Waals surface area contributed by atoms with E-state index in [9.17, 15) is 29.1 Å². The first-order valence-electron chi connectivity index (χ1n) is 19.9. The third kappa shape index (κ3) is 7.76. The van der Waals surface area contributed by atoms with Gasteiger partial charge in [-0.25, -0.2) is 19.3 Å². The maximum absolute atomic E-state index is 13.4. The van der Waals surface area contributed by atoms with Crippen LogP contribution in [-0.4, -0.2) is 102 Å². The van der Waals surface area contributed by atoms with Crippen molar-refractivity contribution in [2.75, 3.05) is 42.9 Å². The number of unbranched alkanes of at least 4 members (excludes halogenated alkanes) is 1. The molecule has 2 fully saturated rings. The van der Waals surface area contributed by atoms with Crippen LogP contribution in [0, 0.1) is 0 Å². The SMILES string of the molecule is C=CCn1c(=O)c2cnc(Nc3ccc(N4CCN(CCCCc5cccc6c5C(=O)N(C5CCC(=O)NC5=O)C6=O)CC4)cc3)nc2n1-c1cccc(C(C)(C)O)n1. The van der Waals surface area contributed by atoms with Gasteiger partial charge in [-0.15, -0.1) is 6.58 Å². The van der Waals surface area contributed by atoms with E-state index < -0.39 is 35.3 Å². The van der Waals surface area contributed by atoms with Crippen molar-refractivity contribution in [1.29, 1.82) is 0 Å². The van der Waals surface area contributed by atoms with Gasteiger partial charge in [-0.3, -0.25) is 39.1 Å². The second-order valence-electron chi connectivity index (χ2n) is 15.6. The number of piperazine rings is 1. The van der Waals surface area contributed by atoms with Crippen molar-refractivity contribution >= 4 is 52.0 Å². The molecule has 16 nitrogen and oxygen atoms in total. The number of hydrogen-bond acceptors (Lipinski definition) is 12. The number of aromatic nitrogens is 5. The van der Waals surface area contributed by atoms with Crippen LogP contribution in [0.1, 0.15) is 71.5 Å². The highest BCUT2D eigenvalue weighted by atomic mass is 16.3. The molecule has 0 saturated carbocycles. The first-order chi connectivity index (χ1) is 28.4. The molecule has 0 radical (unpaired) electrons. The number of piperidine rings is 1. The maximum atomic E-state index is 13.4. The molecule has 59 heavy (non-hydrogen) atoms. The Kier molecular flexibility index (Phi) is 10.7. The minimum atomic E-state index is -1.18. The van der Waals surface area contributed by atoms with Crippen LogP contribution in [0.15, 0.2) is 84.3 Å². The Morgan fingerprint density at radius 2 is 1.69 bits per heavy atom. The van der Waals surface area contributed by atoms with Crippen molar-refractivity contribution in [3.8, 4) is 5.82 Å². The zero-order chi connectivity index (χ0) is 41.4. The molecular formula is C43H46N10O6. The lowest BCUT2D eigenvalue weighted by Gasteiger charge is -2.36. The number of pyridine rings is 1. The number of anilines is 3. The number of rotatable bonds is 13. The molecule has 8 rings (SSSR count). The van der Waals surface area contributed by atoms with E-state index in [1.165, 1.54) is 10.9 Å². The van der Waals surface area contributed by atoms with Crippen molar-refractivity contribution < 1.29 is 24.3 Å². The molecule has 304 valence electrons. The van der Waals surface area contributed by atoms with E-state index in [2.05, 4.69) is 49.1 Å². The van der Waals surface area contributed by atoms with Gasteiger partial charge in [0.1, 0.15) is 17.0 Å². The minimum Gasteiger partial charge on any atom is -0.384 e. The number of imide groups is 2. The van der Waals surface area contributed by atoms with Gasteiger partial charge < -0.3 is 15.3 Å². The van der Waals surface area contributed by atoms with E-state index in [-0.39, 0.29) is 24.9 Å². The van der Waals surface area contributed by atoms with Crippen LogP contribution in [0.25, 0.3) is 16.9 Å². The highest BCUT2D eigenvalue weighted by Crippen LogP contribution is 2.31. The van der Waals surface area contributed by atoms with Crippen molar-refractivity contribution in [3.63, 3.8) is 0 Å². The molecule has 0 spiro atoms. The van der Waals surface area contributed by atoms with Crippen molar-refractivity contribution in [2.45, 2.75) is 64.1 Å². The normalized spacial score (nSPS) is 17.4. The molecule has 3 aliphatic heterocycles.